The summed E-state index contributed by atoms with van der Waals surface area (Å²) in [4.78, 5) is 23.9. The van der Waals surface area contributed by atoms with Crippen LogP contribution in [0.2, 0.25) is 0 Å². The molecule has 0 unspecified atom stereocenters. The van der Waals surface area contributed by atoms with Crippen molar-refractivity contribution in [1.29, 1.82) is 0 Å². The van der Waals surface area contributed by atoms with Crippen molar-refractivity contribution in [3.8, 4) is 0 Å². The highest BCUT2D eigenvalue weighted by molar-refractivity contribution is 5.78. The first kappa shape index (κ1) is 15.2. The zero-order valence-corrected chi connectivity index (χ0v) is 11.1. The fraction of sp³-hybridized carbons (Fsp3) is 0.429. The van der Waals surface area contributed by atoms with Crippen LogP contribution in [0.3, 0.4) is 0 Å². The number of likely N-dealkylation sites (N-methyl/N-ethyl adjacent to an activating group) is 1. The molecule has 5 nitrogen and oxygen atoms in total. The number of hydrogen-bond acceptors (Lipinski definition) is 3. The van der Waals surface area contributed by atoms with Crippen LogP contribution >= 0.6 is 0 Å². The zero-order valence-electron chi connectivity index (χ0n) is 11.1. The van der Waals surface area contributed by atoms with Gasteiger partial charge in [0.2, 0.25) is 5.91 Å². The molecule has 0 spiro atoms. The molecule has 1 aromatic rings. The van der Waals surface area contributed by atoms with Gasteiger partial charge < -0.3 is 15.7 Å². The largest absolute Gasteiger partial charge is 0.480 e. The maximum atomic E-state index is 11.8. The summed E-state index contributed by atoms with van der Waals surface area (Å²) >= 11 is 0. The average molecular weight is 264 g/mol. The number of nitrogens with two attached hydrogens (primary N) is 1. The maximum absolute atomic E-state index is 11.8. The number of rotatable bonds is 7. The van der Waals surface area contributed by atoms with E-state index in [0.29, 0.717) is 6.54 Å². The highest BCUT2D eigenvalue weighted by Crippen LogP contribution is 2.03. The average Bonchev–Trinajstić information content (AvgIpc) is 2.42. The molecule has 0 saturated heterocycles. The van der Waals surface area contributed by atoms with Crippen LogP contribution in [-0.2, 0) is 16.0 Å². The van der Waals surface area contributed by atoms with E-state index in [1.54, 1.807) is 11.9 Å². The molecule has 0 aromatic heterocycles. The number of amides is 1. The van der Waals surface area contributed by atoms with Crippen LogP contribution in [0, 0.1) is 0 Å². The monoisotopic (exact) mass is 264 g/mol. The van der Waals surface area contributed by atoms with Crippen molar-refractivity contribution in [1.82, 2.24) is 4.90 Å². The van der Waals surface area contributed by atoms with E-state index in [9.17, 15) is 9.59 Å². The fourth-order valence-corrected chi connectivity index (χ4v) is 1.66. The van der Waals surface area contributed by atoms with Crippen molar-refractivity contribution >= 4 is 11.9 Å². The third-order valence-corrected chi connectivity index (χ3v) is 2.99. The molecular formula is C14H20N2O3. The van der Waals surface area contributed by atoms with Crippen LogP contribution in [0.25, 0.3) is 0 Å². The van der Waals surface area contributed by atoms with E-state index in [2.05, 4.69) is 0 Å². The molecular weight excluding hydrogens is 244 g/mol. The molecule has 1 amide bonds. The molecule has 3 N–H and O–H groups in total. The lowest BCUT2D eigenvalue weighted by atomic mass is 10.1. The quantitative estimate of drug-likeness (QED) is 0.765. The number of benzene rings is 1. The van der Waals surface area contributed by atoms with E-state index in [-0.39, 0.29) is 18.7 Å². The van der Waals surface area contributed by atoms with Crippen LogP contribution < -0.4 is 5.73 Å². The number of carboxylic acid groups (broad SMARTS) is 1. The molecule has 104 valence electrons. The van der Waals surface area contributed by atoms with E-state index in [1.165, 1.54) is 5.56 Å². The standard InChI is InChI=1S/C14H20N2O3/c1-16(10-9-11-5-3-2-4-6-11)13(17)8-7-12(15)14(18)19/h2-6,12H,7-10,15H2,1H3,(H,18,19)/t12-/m0/s1. The molecule has 5 heteroatoms. The molecule has 19 heavy (non-hydrogen) atoms. The summed E-state index contributed by atoms with van der Waals surface area (Å²) in [7, 11) is 1.72. The minimum Gasteiger partial charge on any atom is -0.480 e. The molecule has 0 bridgehead atoms. The van der Waals surface area contributed by atoms with Gasteiger partial charge in [0.15, 0.2) is 0 Å². The van der Waals surface area contributed by atoms with E-state index in [1.807, 2.05) is 30.3 Å². The molecule has 0 heterocycles. The van der Waals surface area contributed by atoms with E-state index in [0.717, 1.165) is 6.42 Å². The van der Waals surface area contributed by atoms with Crippen molar-refractivity contribution in [3.05, 3.63) is 35.9 Å². The van der Waals surface area contributed by atoms with Gasteiger partial charge in [0.25, 0.3) is 0 Å². The van der Waals surface area contributed by atoms with E-state index in [4.69, 9.17) is 10.8 Å². The van der Waals surface area contributed by atoms with Gasteiger partial charge in [-0.05, 0) is 18.4 Å². The summed E-state index contributed by atoms with van der Waals surface area (Å²) in [5.41, 5.74) is 6.53. The highest BCUT2D eigenvalue weighted by Gasteiger charge is 2.15. The molecule has 0 radical (unpaired) electrons. The molecule has 0 aliphatic rings. The summed E-state index contributed by atoms with van der Waals surface area (Å²) in [6.07, 6.45) is 1.12. The topological polar surface area (TPSA) is 83.6 Å². The Hall–Kier alpha value is -1.88. The molecule has 1 atom stereocenters. The summed E-state index contributed by atoms with van der Waals surface area (Å²) in [5.74, 6) is -1.15. The number of carboxylic acids is 1. The Morgan fingerprint density at radius 1 is 1.32 bits per heavy atom. The fourth-order valence-electron chi connectivity index (χ4n) is 1.66. The van der Waals surface area contributed by atoms with Gasteiger partial charge in [0.05, 0.1) is 0 Å². The molecule has 1 rings (SSSR count). The van der Waals surface area contributed by atoms with Crippen molar-refractivity contribution < 1.29 is 14.7 Å². The van der Waals surface area contributed by atoms with Crippen molar-refractivity contribution in [2.45, 2.75) is 25.3 Å². The van der Waals surface area contributed by atoms with Crippen LogP contribution in [0.5, 0.6) is 0 Å². The first-order valence-electron chi connectivity index (χ1n) is 6.27. The van der Waals surface area contributed by atoms with E-state index < -0.39 is 12.0 Å². The molecule has 1 aromatic carbocycles. The number of nitrogens with zero attached hydrogens (tertiary/aromatic N) is 1. The van der Waals surface area contributed by atoms with Gasteiger partial charge in [0.1, 0.15) is 6.04 Å². The second-order valence-corrected chi connectivity index (χ2v) is 4.53. The molecule has 0 aliphatic carbocycles. The Kier molecular flexibility index (Phi) is 6.02. The number of carbonyl (C=O) groups is 2. The van der Waals surface area contributed by atoms with Crippen molar-refractivity contribution in [2.24, 2.45) is 5.73 Å². The predicted octanol–water partition coefficient (Wildman–Crippen LogP) is 0.880. The minimum absolute atomic E-state index is 0.0763. The summed E-state index contributed by atoms with van der Waals surface area (Å²) < 4.78 is 0. The van der Waals surface area contributed by atoms with Crippen molar-refractivity contribution in [2.75, 3.05) is 13.6 Å². The Morgan fingerprint density at radius 2 is 1.95 bits per heavy atom. The van der Waals surface area contributed by atoms with Crippen LogP contribution in [0.15, 0.2) is 30.3 Å². The van der Waals surface area contributed by atoms with Gasteiger partial charge in [-0.3, -0.25) is 9.59 Å². The van der Waals surface area contributed by atoms with Gasteiger partial charge in [-0.15, -0.1) is 0 Å². The van der Waals surface area contributed by atoms with Gasteiger partial charge in [-0.25, -0.2) is 0 Å². The Labute approximate surface area is 113 Å². The second kappa shape index (κ2) is 7.53. The first-order valence-corrected chi connectivity index (χ1v) is 6.27. The number of hydrogen-bond donors (Lipinski definition) is 2. The lowest BCUT2D eigenvalue weighted by Gasteiger charge is -2.17. The Bertz CT molecular complexity index is 420. The lowest BCUT2D eigenvalue weighted by molar-refractivity contribution is -0.139. The van der Waals surface area contributed by atoms with Gasteiger partial charge in [-0.2, -0.15) is 0 Å². The highest BCUT2D eigenvalue weighted by atomic mass is 16.4. The van der Waals surface area contributed by atoms with Crippen LogP contribution in [0.4, 0.5) is 0 Å². The molecule has 0 fully saturated rings. The maximum Gasteiger partial charge on any atom is 0.320 e. The zero-order chi connectivity index (χ0) is 14.3. The Morgan fingerprint density at radius 3 is 2.53 bits per heavy atom. The van der Waals surface area contributed by atoms with Crippen LogP contribution in [0.1, 0.15) is 18.4 Å². The van der Waals surface area contributed by atoms with Crippen LogP contribution in [-0.4, -0.2) is 41.5 Å². The Balaban J connectivity index is 2.31. The third-order valence-electron chi connectivity index (χ3n) is 2.99. The SMILES string of the molecule is CN(CCc1ccccc1)C(=O)CC[C@H](N)C(=O)O. The first-order chi connectivity index (χ1) is 9.00. The third kappa shape index (κ3) is 5.52. The molecule has 0 aliphatic heterocycles. The van der Waals surface area contributed by atoms with Gasteiger partial charge in [0, 0.05) is 20.0 Å². The lowest BCUT2D eigenvalue weighted by Crippen LogP contribution is -2.34. The summed E-state index contributed by atoms with van der Waals surface area (Å²) in [5, 5.41) is 8.64. The second-order valence-electron chi connectivity index (χ2n) is 4.53. The smallest absolute Gasteiger partial charge is 0.320 e. The number of aliphatic carboxylic acids is 1. The van der Waals surface area contributed by atoms with E-state index >= 15 is 0 Å². The summed E-state index contributed by atoms with van der Waals surface area (Å²) in [6, 6.07) is 8.93. The molecule has 0 saturated carbocycles. The van der Waals surface area contributed by atoms with Gasteiger partial charge in [-0.1, -0.05) is 30.3 Å². The normalized spacial score (nSPS) is 11.9. The van der Waals surface area contributed by atoms with Crippen molar-refractivity contribution in [3.63, 3.8) is 0 Å². The summed E-state index contributed by atoms with van der Waals surface area (Å²) in [6.45, 7) is 0.616. The van der Waals surface area contributed by atoms with Gasteiger partial charge >= 0.3 is 5.97 Å². The minimum atomic E-state index is -1.07. The predicted molar refractivity (Wildman–Crippen MR) is 72.6 cm³/mol. The number of carbonyl (C=O) groups excluding carboxylic acids is 1.